The summed E-state index contributed by atoms with van der Waals surface area (Å²) in [6, 6.07) is -0.0267. The molecule has 0 aliphatic heterocycles. The number of hydrogen-bond donors (Lipinski definition) is 2. The highest BCUT2D eigenvalue weighted by atomic mass is 16.5. The molecule has 6 nitrogen and oxygen atoms in total. The van der Waals surface area contributed by atoms with Crippen LogP contribution in [0.1, 0.15) is 29.9 Å². The molecule has 0 saturated carbocycles. The van der Waals surface area contributed by atoms with Crippen LogP contribution >= 0.6 is 0 Å². The molecule has 0 aliphatic carbocycles. The maximum absolute atomic E-state index is 10.6. The van der Waals surface area contributed by atoms with Gasteiger partial charge < -0.3 is 16.0 Å². The van der Waals surface area contributed by atoms with E-state index in [-0.39, 0.29) is 11.9 Å². The van der Waals surface area contributed by atoms with E-state index in [1.165, 1.54) is 0 Å². The van der Waals surface area contributed by atoms with E-state index in [9.17, 15) is 4.79 Å². The summed E-state index contributed by atoms with van der Waals surface area (Å²) < 4.78 is 4.76. The first-order chi connectivity index (χ1) is 6.13. The number of aromatic nitrogens is 2. The molecular formula is C7H12N4O2. The van der Waals surface area contributed by atoms with Gasteiger partial charge in [-0.05, 0) is 6.42 Å². The molecule has 13 heavy (non-hydrogen) atoms. The molecule has 1 aromatic heterocycles. The third-order valence-electron chi connectivity index (χ3n) is 1.65. The number of carbonyl (C=O) groups is 1. The quantitative estimate of drug-likeness (QED) is 0.652. The van der Waals surface area contributed by atoms with Crippen LogP contribution in [0.5, 0.6) is 0 Å². The maximum atomic E-state index is 10.6. The first kappa shape index (κ1) is 9.66. The van der Waals surface area contributed by atoms with Gasteiger partial charge in [0, 0.05) is 12.5 Å². The summed E-state index contributed by atoms with van der Waals surface area (Å²) in [5, 5.41) is 3.39. The van der Waals surface area contributed by atoms with Gasteiger partial charge in [-0.2, -0.15) is 4.98 Å². The smallest absolute Gasteiger partial charge is 0.290 e. The van der Waals surface area contributed by atoms with E-state index in [2.05, 4.69) is 10.1 Å². The predicted octanol–water partition coefficient (Wildman–Crippen LogP) is -0.552. The van der Waals surface area contributed by atoms with Crippen LogP contribution in [-0.2, 0) is 6.42 Å². The van der Waals surface area contributed by atoms with E-state index in [0.717, 1.165) is 6.42 Å². The number of nitrogens with two attached hydrogens (primary N) is 2. The number of hydrogen-bond acceptors (Lipinski definition) is 5. The van der Waals surface area contributed by atoms with Gasteiger partial charge in [-0.15, -0.1) is 0 Å². The lowest BCUT2D eigenvalue weighted by molar-refractivity contribution is 0.0987. The summed E-state index contributed by atoms with van der Waals surface area (Å²) in [5.74, 6) is -0.443. The third-order valence-corrected chi connectivity index (χ3v) is 1.65. The molecule has 1 atom stereocenters. The Bertz CT molecular complexity index is 296. The van der Waals surface area contributed by atoms with Crippen molar-refractivity contribution in [3.63, 3.8) is 0 Å². The van der Waals surface area contributed by atoms with Crippen molar-refractivity contribution in [2.75, 3.05) is 0 Å². The van der Waals surface area contributed by atoms with Gasteiger partial charge in [0.1, 0.15) is 0 Å². The van der Waals surface area contributed by atoms with E-state index >= 15 is 0 Å². The van der Waals surface area contributed by atoms with Gasteiger partial charge in [-0.1, -0.05) is 12.1 Å². The second-order valence-corrected chi connectivity index (χ2v) is 2.75. The normalized spacial score (nSPS) is 12.8. The summed E-state index contributed by atoms with van der Waals surface area (Å²) in [4.78, 5) is 14.3. The monoisotopic (exact) mass is 184 g/mol. The van der Waals surface area contributed by atoms with E-state index in [1.807, 2.05) is 6.92 Å². The lowest BCUT2D eigenvalue weighted by Gasteiger charge is -2.02. The number of amides is 1. The summed E-state index contributed by atoms with van der Waals surface area (Å²) in [5.41, 5.74) is 10.6. The van der Waals surface area contributed by atoms with Gasteiger partial charge in [-0.3, -0.25) is 4.79 Å². The van der Waals surface area contributed by atoms with Crippen molar-refractivity contribution >= 4 is 5.91 Å². The van der Waals surface area contributed by atoms with Crippen molar-refractivity contribution < 1.29 is 9.32 Å². The summed E-state index contributed by atoms with van der Waals surface area (Å²) in [6.07, 6.45) is 1.28. The Morgan fingerprint density at radius 2 is 2.38 bits per heavy atom. The SMILES string of the molecule is CCC(N)Cc1nc(C(N)=O)no1. The highest BCUT2D eigenvalue weighted by molar-refractivity contribution is 5.88. The molecule has 1 unspecified atom stereocenters. The summed E-state index contributed by atoms with van der Waals surface area (Å²) in [6.45, 7) is 1.95. The Hall–Kier alpha value is -1.43. The lowest BCUT2D eigenvalue weighted by atomic mass is 10.2. The Morgan fingerprint density at radius 3 is 2.85 bits per heavy atom. The molecule has 0 aliphatic rings. The van der Waals surface area contributed by atoms with Crippen LogP contribution < -0.4 is 11.5 Å². The molecule has 0 spiro atoms. The first-order valence-corrected chi connectivity index (χ1v) is 4.01. The minimum atomic E-state index is -0.694. The first-order valence-electron chi connectivity index (χ1n) is 4.01. The van der Waals surface area contributed by atoms with Crippen molar-refractivity contribution in [2.45, 2.75) is 25.8 Å². The molecule has 6 heteroatoms. The van der Waals surface area contributed by atoms with Gasteiger partial charge in [0.05, 0.1) is 0 Å². The van der Waals surface area contributed by atoms with Crippen molar-refractivity contribution in [2.24, 2.45) is 11.5 Å². The number of nitrogens with zero attached hydrogens (tertiary/aromatic N) is 2. The van der Waals surface area contributed by atoms with Gasteiger partial charge >= 0.3 is 0 Å². The average molecular weight is 184 g/mol. The number of carbonyl (C=O) groups excluding carboxylic acids is 1. The van der Waals surface area contributed by atoms with E-state index in [1.54, 1.807) is 0 Å². The van der Waals surface area contributed by atoms with Crippen LogP contribution in [0.15, 0.2) is 4.52 Å². The van der Waals surface area contributed by atoms with Crippen LogP contribution in [0.3, 0.4) is 0 Å². The van der Waals surface area contributed by atoms with Gasteiger partial charge in [0.15, 0.2) is 0 Å². The number of rotatable bonds is 4. The molecule has 1 amide bonds. The van der Waals surface area contributed by atoms with Gasteiger partial charge in [0.2, 0.25) is 5.89 Å². The van der Waals surface area contributed by atoms with E-state index < -0.39 is 5.91 Å². The van der Waals surface area contributed by atoms with Gasteiger partial charge in [-0.25, -0.2) is 0 Å². The molecule has 0 bridgehead atoms. The standard InChI is InChI=1S/C7H12N4O2/c1-2-4(8)3-5-10-7(6(9)12)11-13-5/h4H,2-3,8H2,1H3,(H2,9,12). The third kappa shape index (κ3) is 2.51. The molecule has 0 aromatic carbocycles. The molecular weight excluding hydrogens is 172 g/mol. The maximum Gasteiger partial charge on any atom is 0.290 e. The minimum Gasteiger partial charge on any atom is -0.363 e. The molecule has 0 saturated heterocycles. The highest BCUT2D eigenvalue weighted by Crippen LogP contribution is 2.01. The van der Waals surface area contributed by atoms with Crippen LogP contribution in [0.25, 0.3) is 0 Å². The molecule has 1 aromatic rings. The van der Waals surface area contributed by atoms with Crippen LogP contribution in [-0.4, -0.2) is 22.1 Å². The van der Waals surface area contributed by atoms with E-state index in [0.29, 0.717) is 12.3 Å². The van der Waals surface area contributed by atoms with Crippen LogP contribution in [0.4, 0.5) is 0 Å². The zero-order chi connectivity index (χ0) is 9.84. The molecule has 1 heterocycles. The van der Waals surface area contributed by atoms with Crippen molar-refractivity contribution in [1.82, 2.24) is 10.1 Å². The fraction of sp³-hybridized carbons (Fsp3) is 0.571. The molecule has 0 radical (unpaired) electrons. The van der Waals surface area contributed by atoms with Crippen LogP contribution in [0, 0.1) is 0 Å². The zero-order valence-electron chi connectivity index (χ0n) is 7.36. The fourth-order valence-electron chi connectivity index (χ4n) is 0.806. The van der Waals surface area contributed by atoms with Crippen LogP contribution in [0.2, 0.25) is 0 Å². The Balaban J connectivity index is 2.64. The van der Waals surface area contributed by atoms with Crippen molar-refractivity contribution in [3.05, 3.63) is 11.7 Å². The second-order valence-electron chi connectivity index (χ2n) is 2.75. The van der Waals surface area contributed by atoms with Gasteiger partial charge in [0.25, 0.3) is 11.7 Å². The van der Waals surface area contributed by atoms with E-state index in [4.69, 9.17) is 16.0 Å². The molecule has 4 N–H and O–H groups in total. The zero-order valence-corrected chi connectivity index (χ0v) is 7.36. The average Bonchev–Trinajstić information content (AvgIpc) is 2.52. The predicted molar refractivity (Wildman–Crippen MR) is 44.8 cm³/mol. The highest BCUT2D eigenvalue weighted by Gasteiger charge is 2.12. The minimum absolute atomic E-state index is 0.0267. The lowest BCUT2D eigenvalue weighted by Crippen LogP contribution is -2.21. The Kier molecular flexibility index (Phi) is 2.97. The second kappa shape index (κ2) is 3.99. The Morgan fingerprint density at radius 1 is 1.69 bits per heavy atom. The summed E-state index contributed by atoms with van der Waals surface area (Å²) >= 11 is 0. The van der Waals surface area contributed by atoms with Crippen molar-refractivity contribution in [1.29, 1.82) is 0 Å². The topological polar surface area (TPSA) is 108 Å². The molecule has 1 rings (SSSR count). The largest absolute Gasteiger partial charge is 0.363 e. The summed E-state index contributed by atoms with van der Waals surface area (Å²) in [7, 11) is 0. The number of primary amides is 1. The van der Waals surface area contributed by atoms with Crippen molar-refractivity contribution in [3.8, 4) is 0 Å². The molecule has 72 valence electrons. The Labute approximate surface area is 75.3 Å². The fourth-order valence-corrected chi connectivity index (χ4v) is 0.806. The molecule has 0 fully saturated rings.